The van der Waals surface area contributed by atoms with Gasteiger partial charge in [-0.1, -0.05) is 51.7 Å². The quantitative estimate of drug-likeness (QED) is 0.494. The summed E-state index contributed by atoms with van der Waals surface area (Å²) in [7, 11) is 0. The van der Waals surface area contributed by atoms with Crippen LogP contribution in [0.4, 0.5) is 0 Å². The lowest BCUT2D eigenvalue weighted by atomic mass is 10.1. The molecule has 0 radical (unpaired) electrons. The van der Waals surface area contributed by atoms with E-state index in [1.807, 2.05) is 23.6 Å². The zero-order valence-corrected chi connectivity index (χ0v) is 20.0. The third-order valence-electron chi connectivity index (χ3n) is 5.06. The van der Waals surface area contributed by atoms with Gasteiger partial charge in [0.05, 0.1) is 12.0 Å². The molecule has 0 aliphatic heterocycles. The van der Waals surface area contributed by atoms with E-state index in [0.717, 1.165) is 18.7 Å². The van der Waals surface area contributed by atoms with Crippen LogP contribution in [0.2, 0.25) is 0 Å². The van der Waals surface area contributed by atoms with Gasteiger partial charge >= 0.3 is 5.82 Å². The first-order valence-electron chi connectivity index (χ1n) is 11.5. The number of rotatable bonds is 12. The Balaban J connectivity index is 2.09. The monoisotopic (exact) mass is 441 g/mol. The molecule has 2 amide bonds. The topological polar surface area (TPSA) is 84.2 Å². The Kier molecular flexibility index (Phi) is 10.1. The van der Waals surface area contributed by atoms with Gasteiger partial charge in [-0.2, -0.15) is 4.57 Å². The number of aromatic nitrogens is 2. The summed E-state index contributed by atoms with van der Waals surface area (Å²) in [5.41, 5.74) is 0.972. The predicted molar refractivity (Wildman–Crippen MR) is 124 cm³/mol. The predicted octanol–water partition coefficient (Wildman–Crippen LogP) is 3.52. The molecule has 174 valence electrons. The van der Waals surface area contributed by atoms with Gasteiger partial charge in [-0.05, 0) is 36.8 Å². The first kappa shape index (κ1) is 25.3. The number of carbonyl (C=O) groups is 2. The third-order valence-corrected chi connectivity index (χ3v) is 5.06. The second kappa shape index (κ2) is 12.8. The van der Waals surface area contributed by atoms with Crippen LogP contribution < -0.4 is 19.9 Å². The number of carbonyl (C=O) groups excluding carboxylic acids is 2. The molecule has 2 rings (SSSR count). The van der Waals surface area contributed by atoms with Crippen LogP contribution in [0.1, 0.15) is 74.0 Å². The van der Waals surface area contributed by atoms with Crippen LogP contribution in [0.15, 0.2) is 36.7 Å². The molecule has 0 aliphatic carbocycles. The lowest BCUT2D eigenvalue weighted by Crippen LogP contribution is -2.43. The van der Waals surface area contributed by atoms with E-state index in [0.29, 0.717) is 48.2 Å². The van der Waals surface area contributed by atoms with Crippen molar-refractivity contribution in [1.82, 2.24) is 15.6 Å². The Morgan fingerprint density at radius 3 is 2.25 bits per heavy atom. The zero-order valence-electron chi connectivity index (χ0n) is 20.0. The van der Waals surface area contributed by atoms with Gasteiger partial charge in [0.2, 0.25) is 6.73 Å². The Labute approximate surface area is 191 Å². The van der Waals surface area contributed by atoms with Crippen LogP contribution >= 0.6 is 0 Å². The van der Waals surface area contributed by atoms with Crippen LogP contribution in [0.3, 0.4) is 0 Å². The maximum Gasteiger partial charge on any atom is 0.300 e. The molecule has 0 atom stereocenters. The molecule has 2 aromatic rings. The fourth-order valence-corrected chi connectivity index (χ4v) is 3.08. The summed E-state index contributed by atoms with van der Waals surface area (Å²) < 4.78 is 7.80. The molecule has 1 heterocycles. The molecule has 0 saturated carbocycles. The molecule has 0 unspecified atom stereocenters. The molecular formula is C25H37N4O3+. The van der Waals surface area contributed by atoms with Crippen molar-refractivity contribution in [3.63, 3.8) is 0 Å². The molecule has 7 heteroatoms. The number of hydrogen-bond acceptors (Lipinski definition) is 4. The largest absolute Gasteiger partial charge is 0.454 e. The molecule has 0 spiro atoms. The van der Waals surface area contributed by atoms with Crippen molar-refractivity contribution in [3.05, 3.63) is 53.6 Å². The van der Waals surface area contributed by atoms with Crippen molar-refractivity contribution in [2.75, 3.05) is 13.1 Å². The van der Waals surface area contributed by atoms with Gasteiger partial charge in [0, 0.05) is 13.1 Å². The van der Waals surface area contributed by atoms with Gasteiger partial charge in [-0.25, -0.2) is 0 Å². The van der Waals surface area contributed by atoms with E-state index in [-0.39, 0.29) is 18.5 Å². The SMILES string of the molecule is CCc1ncc(C(=O)NCCC(C)C)c[n+]1COc1ccccc1C(=O)NCCC(C)C. The minimum Gasteiger partial charge on any atom is -0.454 e. The number of amides is 2. The second-order valence-corrected chi connectivity index (χ2v) is 8.73. The average Bonchev–Trinajstić information content (AvgIpc) is 2.77. The molecule has 0 saturated heterocycles. The van der Waals surface area contributed by atoms with Crippen molar-refractivity contribution in [2.45, 2.75) is 60.6 Å². The van der Waals surface area contributed by atoms with Gasteiger partial charge < -0.3 is 15.4 Å². The van der Waals surface area contributed by atoms with Crippen LogP contribution in [0.25, 0.3) is 0 Å². The Bertz CT molecular complexity index is 897. The average molecular weight is 442 g/mol. The molecule has 1 aromatic carbocycles. The molecule has 7 nitrogen and oxygen atoms in total. The van der Waals surface area contributed by atoms with Crippen LogP contribution in [-0.2, 0) is 13.2 Å². The van der Waals surface area contributed by atoms with Crippen molar-refractivity contribution in [1.29, 1.82) is 0 Å². The molecular weight excluding hydrogens is 404 g/mol. The highest BCUT2D eigenvalue weighted by molar-refractivity contribution is 5.96. The molecule has 32 heavy (non-hydrogen) atoms. The van der Waals surface area contributed by atoms with Gasteiger partial charge in [0.25, 0.3) is 11.8 Å². The van der Waals surface area contributed by atoms with E-state index in [1.54, 1.807) is 24.5 Å². The van der Waals surface area contributed by atoms with E-state index in [2.05, 4.69) is 43.3 Å². The summed E-state index contributed by atoms with van der Waals surface area (Å²) in [4.78, 5) is 29.5. The first-order chi connectivity index (χ1) is 15.3. The van der Waals surface area contributed by atoms with Crippen molar-refractivity contribution in [2.24, 2.45) is 11.8 Å². The number of nitrogens with zero attached hydrogens (tertiary/aromatic N) is 2. The fourth-order valence-electron chi connectivity index (χ4n) is 3.08. The van der Waals surface area contributed by atoms with Crippen molar-refractivity contribution < 1.29 is 18.9 Å². The Hall–Kier alpha value is -2.96. The summed E-state index contributed by atoms with van der Waals surface area (Å²) in [5.74, 6) is 2.03. The number of nitrogens with one attached hydrogen (secondary N) is 2. The number of benzene rings is 1. The molecule has 0 bridgehead atoms. The third kappa shape index (κ3) is 7.94. The van der Waals surface area contributed by atoms with E-state index < -0.39 is 0 Å². The molecule has 1 aromatic heterocycles. The van der Waals surface area contributed by atoms with E-state index >= 15 is 0 Å². The normalized spacial score (nSPS) is 11.0. The zero-order chi connectivity index (χ0) is 23.5. The maximum absolute atomic E-state index is 12.6. The summed E-state index contributed by atoms with van der Waals surface area (Å²) in [6.07, 6.45) is 5.88. The highest BCUT2D eigenvalue weighted by Crippen LogP contribution is 2.18. The first-order valence-corrected chi connectivity index (χ1v) is 11.5. The maximum atomic E-state index is 12.6. The highest BCUT2D eigenvalue weighted by atomic mass is 16.5. The van der Waals surface area contributed by atoms with Crippen molar-refractivity contribution in [3.8, 4) is 5.75 Å². The number of aryl methyl sites for hydroxylation is 1. The second-order valence-electron chi connectivity index (χ2n) is 8.73. The van der Waals surface area contributed by atoms with Gasteiger partial charge in [0.15, 0.2) is 6.20 Å². The molecule has 0 fully saturated rings. The summed E-state index contributed by atoms with van der Waals surface area (Å²) >= 11 is 0. The minimum absolute atomic E-state index is 0.152. The highest BCUT2D eigenvalue weighted by Gasteiger charge is 2.18. The standard InChI is InChI=1S/C25H36N4O3/c1-6-23-28-15-20(24(30)26-13-11-18(2)3)16-29(23)17-32-22-10-8-7-9-21(22)25(31)27-14-12-19(4)5/h7-10,15-16,18-19H,6,11-14,17H2,1-5H3,(H-,26,27,30,31)/p+1. The van der Waals surface area contributed by atoms with E-state index in [4.69, 9.17) is 4.74 Å². The summed E-state index contributed by atoms with van der Waals surface area (Å²) in [6, 6.07) is 7.18. The van der Waals surface area contributed by atoms with Gasteiger partial charge in [-0.3, -0.25) is 9.59 Å². The summed E-state index contributed by atoms with van der Waals surface area (Å²) in [6.45, 7) is 11.9. The number of para-hydroxylation sites is 1. The lowest BCUT2D eigenvalue weighted by Gasteiger charge is -2.12. The number of hydrogen-bond donors (Lipinski definition) is 2. The number of ether oxygens (including phenoxy) is 1. The van der Waals surface area contributed by atoms with E-state index in [9.17, 15) is 9.59 Å². The minimum atomic E-state index is -0.154. The van der Waals surface area contributed by atoms with Crippen LogP contribution in [-0.4, -0.2) is 29.9 Å². The molecule has 0 aliphatic rings. The van der Waals surface area contributed by atoms with Crippen LogP contribution in [0, 0.1) is 11.8 Å². The van der Waals surface area contributed by atoms with Gasteiger partial charge in [-0.15, -0.1) is 0 Å². The smallest absolute Gasteiger partial charge is 0.300 e. The van der Waals surface area contributed by atoms with Crippen LogP contribution in [0.5, 0.6) is 5.75 Å². The summed E-state index contributed by atoms with van der Waals surface area (Å²) in [5, 5.41) is 5.89. The van der Waals surface area contributed by atoms with E-state index in [1.165, 1.54) is 0 Å². The molecule has 2 N–H and O–H groups in total. The Morgan fingerprint density at radius 1 is 1.00 bits per heavy atom. The lowest BCUT2D eigenvalue weighted by molar-refractivity contribution is -0.734. The van der Waals surface area contributed by atoms with Gasteiger partial charge in [0.1, 0.15) is 17.5 Å². The fraction of sp³-hybridized carbons (Fsp3) is 0.520. The Morgan fingerprint density at radius 2 is 1.62 bits per heavy atom. The van der Waals surface area contributed by atoms with Crippen molar-refractivity contribution >= 4 is 11.8 Å².